The normalized spacial score (nSPS) is 19.5. The van der Waals surface area contributed by atoms with Gasteiger partial charge in [0, 0.05) is 42.3 Å². The van der Waals surface area contributed by atoms with Crippen LogP contribution in [0.5, 0.6) is 0 Å². The first-order valence-electron chi connectivity index (χ1n) is 3.86. The molecule has 1 unspecified atom stereocenters. The second kappa shape index (κ2) is 4.49. The monoisotopic (exact) mass is 174 g/mol. The van der Waals surface area contributed by atoms with Crippen molar-refractivity contribution in [2.75, 3.05) is 25.1 Å². The van der Waals surface area contributed by atoms with E-state index in [1.165, 1.54) is 0 Å². The van der Waals surface area contributed by atoms with E-state index in [2.05, 4.69) is 10.3 Å². The molecule has 0 bridgehead atoms. The van der Waals surface area contributed by atoms with Gasteiger partial charge in [-0.05, 0) is 6.42 Å². The number of hydrogen-bond acceptors (Lipinski definition) is 3. The number of rotatable bonds is 3. The van der Waals surface area contributed by atoms with E-state index in [0.717, 1.165) is 37.5 Å². The van der Waals surface area contributed by atoms with Crippen LogP contribution in [0.15, 0.2) is 4.99 Å². The van der Waals surface area contributed by atoms with Gasteiger partial charge in [-0.1, -0.05) is 0 Å². The van der Waals surface area contributed by atoms with Gasteiger partial charge in [-0.2, -0.15) is 0 Å². The van der Waals surface area contributed by atoms with Gasteiger partial charge < -0.3 is 5.32 Å². The van der Waals surface area contributed by atoms with Crippen LogP contribution in [-0.4, -0.2) is 35.1 Å². The molecular weight excluding hydrogens is 160 g/mol. The maximum atomic E-state index is 10.6. The van der Waals surface area contributed by atoms with Crippen molar-refractivity contribution in [3.05, 3.63) is 0 Å². The van der Waals surface area contributed by atoms with Crippen molar-refractivity contribution in [1.29, 1.82) is 0 Å². The number of hydrogen-bond donors (Lipinski definition) is 1. The molecule has 0 saturated carbocycles. The van der Waals surface area contributed by atoms with Gasteiger partial charge in [-0.25, -0.2) is 0 Å². The lowest BCUT2D eigenvalue weighted by Gasteiger charge is -2.02. The molecule has 0 aromatic rings. The fourth-order valence-electron chi connectivity index (χ4n) is 1.02. The van der Waals surface area contributed by atoms with Gasteiger partial charge in [0.2, 0.25) is 0 Å². The third-order valence-corrected chi connectivity index (χ3v) is 2.37. The zero-order valence-electron chi connectivity index (χ0n) is 6.80. The zero-order chi connectivity index (χ0) is 8.10. The zero-order valence-corrected chi connectivity index (χ0v) is 7.62. The van der Waals surface area contributed by atoms with Crippen LogP contribution in [0, 0.1) is 0 Å². The van der Waals surface area contributed by atoms with Crippen LogP contribution in [0.2, 0.25) is 0 Å². The molecular formula is C7H14N2OS. The van der Waals surface area contributed by atoms with E-state index in [0.29, 0.717) is 0 Å². The Bertz CT molecular complexity index is 179. The first-order chi connectivity index (χ1) is 5.29. The van der Waals surface area contributed by atoms with Gasteiger partial charge in [-0.15, -0.1) is 0 Å². The molecule has 0 aliphatic carbocycles. The van der Waals surface area contributed by atoms with Crippen LogP contribution in [0.25, 0.3) is 0 Å². The van der Waals surface area contributed by atoms with Crippen LogP contribution >= 0.6 is 0 Å². The van der Waals surface area contributed by atoms with Crippen molar-refractivity contribution in [3.8, 4) is 0 Å². The number of amidine groups is 1. The molecule has 1 aliphatic rings. The lowest BCUT2D eigenvalue weighted by atomic mass is 10.3. The summed E-state index contributed by atoms with van der Waals surface area (Å²) in [4.78, 5) is 4.24. The maximum absolute atomic E-state index is 10.6. The maximum Gasteiger partial charge on any atom is 0.0964 e. The minimum atomic E-state index is -0.683. The Morgan fingerprint density at radius 2 is 2.55 bits per heavy atom. The molecule has 1 atom stereocenters. The van der Waals surface area contributed by atoms with Crippen molar-refractivity contribution < 1.29 is 4.21 Å². The van der Waals surface area contributed by atoms with Crippen molar-refractivity contribution in [2.24, 2.45) is 4.99 Å². The smallest absolute Gasteiger partial charge is 0.0964 e. The fraction of sp³-hybridized carbons (Fsp3) is 0.857. The summed E-state index contributed by atoms with van der Waals surface area (Å²) in [5.41, 5.74) is 0. The minimum absolute atomic E-state index is 0.683. The molecule has 0 fully saturated rings. The molecule has 64 valence electrons. The van der Waals surface area contributed by atoms with Crippen molar-refractivity contribution >= 4 is 16.6 Å². The first kappa shape index (κ1) is 8.71. The molecule has 4 heteroatoms. The summed E-state index contributed by atoms with van der Waals surface area (Å²) < 4.78 is 10.6. The fourth-order valence-corrected chi connectivity index (χ4v) is 1.41. The van der Waals surface area contributed by atoms with Gasteiger partial charge in [0.25, 0.3) is 0 Å². The average Bonchev–Trinajstić information content (AvgIpc) is 2.39. The second-order valence-corrected chi connectivity index (χ2v) is 4.19. The summed E-state index contributed by atoms with van der Waals surface area (Å²) in [6, 6.07) is 0. The summed E-state index contributed by atoms with van der Waals surface area (Å²) in [6.07, 6.45) is 3.95. The number of aliphatic imine (C=N–C) groups is 1. The van der Waals surface area contributed by atoms with Gasteiger partial charge in [-0.3, -0.25) is 9.20 Å². The molecule has 3 nitrogen and oxygen atoms in total. The predicted octanol–water partition coefficient (Wildman–Crippen LogP) is 0.147. The van der Waals surface area contributed by atoms with Crippen molar-refractivity contribution in [3.63, 3.8) is 0 Å². The summed E-state index contributed by atoms with van der Waals surface area (Å²) >= 11 is 0. The highest BCUT2D eigenvalue weighted by Crippen LogP contribution is 2.00. The van der Waals surface area contributed by atoms with Crippen LogP contribution in [0.4, 0.5) is 0 Å². The topological polar surface area (TPSA) is 41.5 Å². The van der Waals surface area contributed by atoms with Crippen LogP contribution in [-0.2, 0) is 10.8 Å². The van der Waals surface area contributed by atoms with E-state index in [1.807, 2.05) is 0 Å². The Labute approximate surface area is 69.7 Å². The molecule has 0 aromatic heterocycles. The standard InChI is InChI=1S/C7H14N2OS/c1-11(10)6-5-9-7-3-2-4-8-7/h2-6H2,1H3,(H,8,9). The lowest BCUT2D eigenvalue weighted by Crippen LogP contribution is -2.25. The predicted molar refractivity (Wildman–Crippen MR) is 48.5 cm³/mol. The van der Waals surface area contributed by atoms with Gasteiger partial charge in [0.1, 0.15) is 0 Å². The second-order valence-electron chi connectivity index (χ2n) is 2.64. The minimum Gasteiger partial charge on any atom is -0.373 e. The summed E-state index contributed by atoms with van der Waals surface area (Å²) in [5, 5.41) is 3.17. The van der Waals surface area contributed by atoms with Gasteiger partial charge in [0.05, 0.1) is 5.84 Å². The highest BCUT2D eigenvalue weighted by atomic mass is 32.2. The number of nitrogens with zero attached hydrogens (tertiary/aromatic N) is 1. The van der Waals surface area contributed by atoms with Crippen molar-refractivity contribution in [2.45, 2.75) is 12.8 Å². The van der Waals surface area contributed by atoms with Crippen LogP contribution in [0.3, 0.4) is 0 Å². The summed E-state index contributed by atoms with van der Waals surface area (Å²) in [7, 11) is -0.683. The Morgan fingerprint density at radius 3 is 3.09 bits per heavy atom. The molecule has 0 radical (unpaired) electrons. The van der Waals surface area contributed by atoms with Crippen LogP contribution in [0.1, 0.15) is 12.8 Å². The van der Waals surface area contributed by atoms with Gasteiger partial charge in [0.15, 0.2) is 0 Å². The molecule has 0 saturated heterocycles. The lowest BCUT2D eigenvalue weighted by molar-refractivity contribution is 0.685. The average molecular weight is 174 g/mol. The summed E-state index contributed by atoms with van der Waals surface area (Å²) in [5.74, 6) is 1.81. The third-order valence-electron chi connectivity index (χ3n) is 1.59. The summed E-state index contributed by atoms with van der Waals surface area (Å²) in [6.45, 7) is 1.75. The van der Waals surface area contributed by atoms with Gasteiger partial charge >= 0.3 is 0 Å². The SMILES string of the molecule is CS(=O)CCNC1=NCCC1. The third kappa shape index (κ3) is 3.51. The Balaban J connectivity index is 2.07. The quantitative estimate of drug-likeness (QED) is 0.661. The van der Waals surface area contributed by atoms with E-state index >= 15 is 0 Å². The van der Waals surface area contributed by atoms with E-state index in [4.69, 9.17) is 0 Å². The Kier molecular flexibility index (Phi) is 3.56. The van der Waals surface area contributed by atoms with E-state index in [1.54, 1.807) is 6.26 Å². The Hall–Kier alpha value is -0.380. The molecule has 1 rings (SSSR count). The van der Waals surface area contributed by atoms with E-state index in [9.17, 15) is 4.21 Å². The molecule has 1 N–H and O–H groups in total. The van der Waals surface area contributed by atoms with Crippen molar-refractivity contribution in [1.82, 2.24) is 5.32 Å². The van der Waals surface area contributed by atoms with E-state index < -0.39 is 10.8 Å². The largest absolute Gasteiger partial charge is 0.373 e. The van der Waals surface area contributed by atoms with Crippen LogP contribution < -0.4 is 5.32 Å². The highest BCUT2D eigenvalue weighted by Gasteiger charge is 2.04. The number of nitrogens with one attached hydrogen (secondary N) is 1. The highest BCUT2D eigenvalue weighted by molar-refractivity contribution is 7.84. The molecule has 11 heavy (non-hydrogen) atoms. The molecule has 0 spiro atoms. The van der Waals surface area contributed by atoms with E-state index in [-0.39, 0.29) is 0 Å². The first-order valence-corrected chi connectivity index (χ1v) is 5.59. The Morgan fingerprint density at radius 1 is 1.73 bits per heavy atom. The molecule has 1 aliphatic heterocycles. The molecule has 0 aromatic carbocycles. The molecule has 0 amide bonds. The molecule has 1 heterocycles.